The molecule has 0 spiro atoms. The van der Waals surface area contributed by atoms with E-state index >= 15 is 4.39 Å². The zero-order valence-electron chi connectivity index (χ0n) is 14.9. The standard InChI is InChI=1S/C20H27F2NSi/c1-4-13-24(14-5-2,15-6-3)20-17(21)11-10-16(19(20)22)18-9-7-8-12-23-18/h7-12H,4-6,13-15H2,1-3H3. The van der Waals surface area contributed by atoms with E-state index in [1.807, 2.05) is 6.07 Å². The molecule has 0 bridgehead atoms. The Kier molecular flexibility index (Phi) is 6.66. The van der Waals surface area contributed by atoms with E-state index in [9.17, 15) is 4.39 Å². The number of hydrogen-bond donors (Lipinski definition) is 0. The summed E-state index contributed by atoms with van der Waals surface area (Å²) in [5.74, 6) is -0.745. The molecule has 0 atom stereocenters. The van der Waals surface area contributed by atoms with Gasteiger partial charge in [-0.05, 0) is 24.3 Å². The molecule has 24 heavy (non-hydrogen) atoms. The Hall–Kier alpha value is -1.55. The van der Waals surface area contributed by atoms with Crippen molar-refractivity contribution in [3.63, 3.8) is 0 Å². The SMILES string of the molecule is CCC[Si](CCC)(CCC)c1c(F)ccc(-c2ccccn2)c1F. The lowest BCUT2D eigenvalue weighted by atomic mass is 10.1. The first kappa shape index (κ1) is 18.8. The van der Waals surface area contributed by atoms with Crippen LogP contribution in [0.3, 0.4) is 0 Å². The van der Waals surface area contributed by atoms with Gasteiger partial charge in [0, 0.05) is 16.9 Å². The highest BCUT2D eigenvalue weighted by Gasteiger charge is 2.38. The predicted molar refractivity (Wildman–Crippen MR) is 100 cm³/mol. The summed E-state index contributed by atoms with van der Waals surface area (Å²) < 4.78 is 30.2. The summed E-state index contributed by atoms with van der Waals surface area (Å²) in [5, 5.41) is 0.399. The van der Waals surface area contributed by atoms with E-state index in [0.717, 1.165) is 37.4 Å². The van der Waals surface area contributed by atoms with E-state index in [1.165, 1.54) is 12.1 Å². The molecule has 0 fully saturated rings. The molecule has 2 aromatic rings. The molecule has 2 rings (SSSR count). The number of benzene rings is 1. The fourth-order valence-corrected chi connectivity index (χ4v) is 9.51. The molecule has 0 unspecified atom stereocenters. The third-order valence-electron chi connectivity index (χ3n) is 4.75. The van der Waals surface area contributed by atoms with Crippen LogP contribution in [0.25, 0.3) is 11.3 Å². The molecule has 4 heteroatoms. The number of halogens is 2. The molecule has 1 heterocycles. The van der Waals surface area contributed by atoms with Gasteiger partial charge in [0.05, 0.1) is 13.8 Å². The second-order valence-corrected chi connectivity index (χ2v) is 11.1. The van der Waals surface area contributed by atoms with Crippen molar-refractivity contribution in [2.75, 3.05) is 0 Å². The minimum Gasteiger partial charge on any atom is -0.256 e. The Labute approximate surface area is 145 Å². The van der Waals surface area contributed by atoms with Crippen LogP contribution in [-0.2, 0) is 0 Å². The third kappa shape index (κ3) is 3.74. The van der Waals surface area contributed by atoms with Crippen molar-refractivity contribution in [2.24, 2.45) is 0 Å². The fourth-order valence-electron chi connectivity index (χ4n) is 3.94. The first-order valence-electron chi connectivity index (χ1n) is 8.99. The molecule has 0 radical (unpaired) electrons. The molecular weight excluding hydrogens is 320 g/mol. The Morgan fingerprint density at radius 3 is 2.00 bits per heavy atom. The topological polar surface area (TPSA) is 12.9 Å². The van der Waals surface area contributed by atoms with Crippen LogP contribution in [-0.4, -0.2) is 13.1 Å². The Balaban J connectivity index is 2.66. The number of nitrogens with zero attached hydrogens (tertiary/aromatic N) is 1. The average molecular weight is 348 g/mol. The Morgan fingerprint density at radius 2 is 1.50 bits per heavy atom. The van der Waals surface area contributed by atoms with Gasteiger partial charge in [-0.15, -0.1) is 0 Å². The van der Waals surface area contributed by atoms with Crippen LogP contribution >= 0.6 is 0 Å². The summed E-state index contributed by atoms with van der Waals surface area (Å²) >= 11 is 0. The van der Waals surface area contributed by atoms with Gasteiger partial charge in [-0.3, -0.25) is 4.98 Å². The Bertz CT molecular complexity index is 641. The monoisotopic (exact) mass is 347 g/mol. The molecule has 1 aromatic heterocycles. The van der Waals surface area contributed by atoms with Crippen LogP contribution in [0.1, 0.15) is 40.0 Å². The number of hydrogen-bond acceptors (Lipinski definition) is 1. The maximum atomic E-state index is 15.4. The molecule has 0 aliphatic heterocycles. The summed E-state index contributed by atoms with van der Waals surface area (Å²) in [6, 6.07) is 11.2. The maximum absolute atomic E-state index is 15.4. The molecule has 130 valence electrons. The normalized spacial score (nSPS) is 11.7. The summed E-state index contributed by atoms with van der Waals surface area (Å²) in [6.45, 7) is 6.35. The molecule has 1 nitrogen and oxygen atoms in total. The van der Waals surface area contributed by atoms with E-state index in [4.69, 9.17) is 0 Å². The summed E-state index contributed by atoms with van der Waals surface area (Å²) in [5.41, 5.74) is 0.996. The quantitative estimate of drug-likeness (QED) is 0.541. The molecule has 0 amide bonds. The Morgan fingerprint density at radius 1 is 0.875 bits per heavy atom. The van der Waals surface area contributed by atoms with Gasteiger partial charge >= 0.3 is 0 Å². The highest BCUT2D eigenvalue weighted by atomic mass is 28.3. The number of rotatable bonds is 8. The van der Waals surface area contributed by atoms with E-state index in [-0.39, 0.29) is 11.6 Å². The minimum atomic E-state index is -2.20. The van der Waals surface area contributed by atoms with Crippen LogP contribution in [0.15, 0.2) is 36.5 Å². The van der Waals surface area contributed by atoms with Crippen molar-refractivity contribution >= 4 is 13.3 Å². The van der Waals surface area contributed by atoms with E-state index in [0.29, 0.717) is 16.4 Å². The lowest BCUT2D eigenvalue weighted by molar-refractivity contribution is 0.596. The molecule has 1 aromatic carbocycles. The summed E-state index contributed by atoms with van der Waals surface area (Å²) in [6.07, 6.45) is 4.56. The minimum absolute atomic E-state index is 0.366. The van der Waals surface area contributed by atoms with Crippen LogP contribution in [0.2, 0.25) is 18.1 Å². The predicted octanol–water partition coefficient (Wildman–Crippen LogP) is 5.91. The second-order valence-electron chi connectivity index (χ2n) is 6.53. The molecule has 0 aliphatic carbocycles. The van der Waals surface area contributed by atoms with Gasteiger partial charge in [0.25, 0.3) is 0 Å². The van der Waals surface area contributed by atoms with Crippen LogP contribution < -0.4 is 5.19 Å². The second kappa shape index (κ2) is 8.52. The van der Waals surface area contributed by atoms with Gasteiger partial charge in [-0.2, -0.15) is 0 Å². The van der Waals surface area contributed by atoms with E-state index in [2.05, 4.69) is 25.8 Å². The first-order chi connectivity index (χ1) is 11.6. The summed E-state index contributed by atoms with van der Waals surface area (Å²) in [4.78, 5) is 4.25. The van der Waals surface area contributed by atoms with Gasteiger partial charge in [-0.1, -0.05) is 64.2 Å². The van der Waals surface area contributed by atoms with Gasteiger partial charge in [0.1, 0.15) is 11.6 Å². The molecule has 0 saturated carbocycles. The highest BCUT2D eigenvalue weighted by Crippen LogP contribution is 2.31. The molecular formula is C20H27F2NSi. The molecule has 0 saturated heterocycles. The zero-order chi connectivity index (χ0) is 17.6. The lowest BCUT2D eigenvalue weighted by Crippen LogP contribution is -2.51. The lowest BCUT2D eigenvalue weighted by Gasteiger charge is -2.33. The smallest absolute Gasteiger partial charge is 0.134 e. The molecule has 0 N–H and O–H groups in total. The van der Waals surface area contributed by atoms with Crippen molar-refractivity contribution in [1.82, 2.24) is 4.98 Å². The highest BCUT2D eigenvalue weighted by molar-refractivity contribution is 6.92. The van der Waals surface area contributed by atoms with Crippen LogP contribution in [0.4, 0.5) is 8.78 Å². The van der Waals surface area contributed by atoms with E-state index < -0.39 is 8.07 Å². The number of pyridine rings is 1. The number of aromatic nitrogens is 1. The van der Waals surface area contributed by atoms with E-state index in [1.54, 1.807) is 18.3 Å². The van der Waals surface area contributed by atoms with Crippen molar-refractivity contribution < 1.29 is 8.78 Å². The van der Waals surface area contributed by atoms with Crippen LogP contribution in [0.5, 0.6) is 0 Å². The van der Waals surface area contributed by atoms with Gasteiger partial charge in [0.2, 0.25) is 0 Å². The van der Waals surface area contributed by atoms with Gasteiger partial charge < -0.3 is 0 Å². The zero-order valence-corrected chi connectivity index (χ0v) is 15.9. The largest absolute Gasteiger partial charge is 0.256 e. The van der Waals surface area contributed by atoms with Crippen LogP contribution in [0, 0.1) is 11.6 Å². The molecule has 0 aliphatic rings. The van der Waals surface area contributed by atoms with Crippen molar-refractivity contribution in [3.05, 3.63) is 48.2 Å². The average Bonchev–Trinajstić information content (AvgIpc) is 2.56. The third-order valence-corrected chi connectivity index (χ3v) is 10.6. The fraction of sp³-hybridized carbons (Fsp3) is 0.450. The van der Waals surface area contributed by atoms with Crippen molar-refractivity contribution in [3.8, 4) is 11.3 Å². The van der Waals surface area contributed by atoms with Crippen molar-refractivity contribution in [1.29, 1.82) is 0 Å². The van der Waals surface area contributed by atoms with Gasteiger partial charge in [0.15, 0.2) is 0 Å². The van der Waals surface area contributed by atoms with Crippen molar-refractivity contribution in [2.45, 2.75) is 58.2 Å². The van der Waals surface area contributed by atoms with Gasteiger partial charge in [-0.25, -0.2) is 8.78 Å². The summed E-state index contributed by atoms with van der Waals surface area (Å²) in [7, 11) is -2.20. The first-order valence-corrected chi connectivity index (χ1v) is 11.6. The maximum Gasteiger partial charge on any atom is 0.134 e.